The lowest BCUT2D eigenvalue weighted by atomic mass is 10.0. The van der Waals surface area contributed by atoms with Gasteiger partial charge in [0.05, 0.1) is 17.7 Å². The standard InChI is InChI=1S/C16H14FN3O/c17-13-4-2-12(3-5-13)15-7-14(21)10-20(15)16-6-1-11(8-18)9-19-16/h1-6,9,14-15,21H,7,10H2/t14-,15-/m0/s1. The Morgan fingerprint density at radius 1 is 1.24 bits per heavy atom. The van der Waals surface area contributed by atoms with Crippen molar-refractivity contribution in [3.63, 3.8) is 0 Å². The Morgan fingerprint density at radius 3 is 2.62 bits per heavy atom. The highest BCUT2D eigenvalue weighted by Crippen LogP contribution is 2.35. The summed E-state index contributed by atoms with van der Waals surface area (Å²) in [6.45, 7) is 0.473. The molecule has 3 rings (SSSR count). The molecule has 0 bridgehead atoms. The normalized spacial score (nSPS) is 21.3. The number of rotatable bonds is 2. The first kappa shape index (κ1) is 13.5. The molecule has 0 unspecified atom stereocenters. The topological polar surface area (TPSA) is 60.2 Å². The van der Waals surface area contributed by atoms with Crippen molar-refractivity contribution in [2.24, 2.45) is 0 Å². The molecule has 1 saturated heterocycles. The number of halogens is 1. The molecule has 106 valence electrons. The highest BCUT2D eigenvalue weighted by molar-refractivity contribution is 5.46. The summed E-state index contributed by atoms with van der Waals surface area (Å²) < 4.78 is 13.0. The number of aliphatic hydroxyl groups excluding tert-OH is 1. The number of pyridine rings is 1. The molecule has 2 aromatic rings. The third-order valence-corrected chi connectivity index (χ3v) is 3.71. The molecular formula is C16H14FN3O. The number of nitrogens with zero attached hydrogens (tertiary/aromatic N) is 3. The van der Waals surface area contributed by atoms with E-state index < -0.39 is 6.10 Å². The molecule has 2 atom stereocenters. The van der Waals surface area contributed by atoms with Crippen LogP contribution in [0.1, 0.15) is 23.6 Å². The van der Waals surface area contributed by atoms with Crippen LogP contribution in [0.2, 0.25) is 0 Å². The van der Waals surface area contributed by atoms with Gasteiger partial charge in [0.2, 0.25) is 0 Å². The molecule has 5 heteroatoms. The van der Waals surface area contributed by atoms with Gasteiger partial charge in [0.1, 0.15) is 17.7 Å². The summed E-state index contributed by atoms with van der Waals surface area (Å²) in [5.74, 6) is 0.431. The molecule has 4 nitrogen and oxygen atoms in total. The maximum absolute atomic E-state index is 13.0. The van der Waals surface area contributed by atoms with Crippen LogP contribution in [0.5, 0.6) is 0 Å². The van der Waals surface area contributed by atoms with Gasteiger partial charge in [-0.1, -0.05) is 12.1 Å². The molecule has 1 aliphatic rings. The van der Waals surface area contributed by atoms with Crippen LogP contribution in [0, 0.1) is 17.1 Å². The Bertz CT molecular complexity index is 663. The molecule has 0 amide bonds. The summed E-state index contributed by atoms with van der Waals surface area (Å²) in [7, 11) is 0. The lowest BCUT2D eigenvalue weighted by molar-refractivity contribution is 0.194. The summed E-state index contributed by atoms with van der Waals surface area (Å²) in [5.41, 5.74) is 1.44. The van der Waals surface area contributed by atoms with Crippen molar-refractivity contribution in [2.75, 3.05) is 11.4 Å². The molecule has 0 spiro atoms. The molecule has 1 aliphatic heterocycles. The fraction of sp³-hybridized carbons (Fsp3) is 0.250. The van der Waals surface area contributed by atoms with Crippen LogP contribution in [0.4, 0.5) is 10.2 Å². The van der Waals surface area contributed by atoms with Crippen LogP contribution in [0.15, 0.2) is 42.6 Å². The first-order valence-corrected chi connectivity index (χ1v) is 6.73. The van der Waals surface area contributed by atoms with Crippen molar-refractivity contribution in [3.8, 4) is 6.07 Å². The quantitative estimate of drug-likeness (QED) is 0.919. The van der Waals surface area contributed by atoms with Crippen LogP contribution < -0.4 is 4.90 Å². The fourth-order valence-electron chi connectivity index (χ4n) is 2.69. The first-order chi connectivity index (χ1) is 10.2. The first-order valence-electron chi connectivity index (χ1n) is 6.73. The molecule has 1 N–H and O–H groups in total. The SMILES string of the molecule is N#Cc1ccc(N2C[C@@H](O)C[C@H]2c2ccc(F)cc2)nc1. The summed E-state index contributed by atoms with van der Waals surface area (Å²) in [4.78, 5) is 6.26. The molecule has 0 radical (unpaired) electrons. The molecule has 0 aliphatic carbocycles. The van der Waals surface area contributed by atoms with Crippen LogP contribution in [-0.4, -0.2) is 22.7 Å². The van der Waals surface area contributed by atoms with E-state index in [-0.39, 0.29) is 11.9 Å². The fourth-order valence-corrected chi connectivity index (χ4v) is 2.69. The lowest BCUT2D eigenvalue weighted by Gasteiger charge is -2.25. The van der Waals surface area contributed by atoms with Crippen molar-refractivity contribution in [3.05, 3.63) is 59.5 Å². The summed E-state index contributed by atoms with van der Waals surface area (Å²) in [5, 5.41) is 18.8. The molecule has 1 aromatic heterocycles. The summed E-state index contributed by atoms with van der Waals surface area (Å²) in [6, 6.07) is 11.8. The van der Waals surface area contributed by atoms with Gasteiger partial charge in [-0.25, -0.2) is 9.37 Å². The third kappa shape index (κ3) is 2.71. The van der Waals surface area contributed by atoms with E-state index in [1.807, 2.05) is 11.0 Å². The van der Waals surface area contributed by atoms with Gasteiger partial charge in [-0.3, -0.25) is 0 Å². The van der Waals surface area contributed by atoms with Crippen LogP contribution in [0.3, 0.4) is 0 Å². The Labute approximate surface area is 122 Å². The van der Waals surface area contributed by atoms with Crippen LogP contribution in [0.25, 0.3) is 0 Å². The van der Waals surface area contributed by atoms with Gasteiger partial charge in [-0.2, -0.15) is 5.26 Å². The van der Waals surface area contributed by atoms with Gasteiger partial charge >= 0.3 is 0 Å². The second-order valence-corrected chi connectivity index (χ2v) is 5.13. The van der Waals surface area contributed by atoms with Crippen LogP contribution in [-0.2, 0) is 0 Å². The number of nitriles is 1. The zero-order valence-corrected chi connectivity index (χ0v) is 11.3. The van der Waals surface area contributed by atoms with Gasteiger partial charge in [0, 0.05) is 12.7 Å². The average molecular weight is 283 g/mol. The van der Waals surface area contributed by atoms with Crippen molar-refractivity contribution in [1.82, 2.24) is 4.98 Å². The third-order valence-electron chi connectivity index (χ3n) is 3.71. The maximum Gasteiger partial charge on any atom is 0.129 e. The zero-order valence-electron chi connectivity index (χ0n) is 11.3. The predicted molar refractivity (Wildman–Crippen MR) is 76.1 cm³/mol. The van der Waals surface area contributed by atoms with E-state index in [1.54, 1.807) is 24.3 Å². The monoisotopic (exact) mass is 283 g/mol. The van der Waals surface area contributed by atoms with Gasteiger partial charge in [0.25, 0.3) is 0 Å². The van der Waals surface area contributed by atoms with Crippen LogP contribution >= 0.6 is 0 Å². The number of aromatic nitrogens is 1. The van der Waals surface area contributed by atoms with Crippen molar-refractivity contribution >= 4 is 5.82 Å². The minimum atomic E-state index is -0.447. The van der Waals surface area contributed by atoms with Gasteiger partial charge in [-0.15, -0.1) is 0 Å². The number of hydrogen-bond donors (Lipinski definition) is 1. The van der Waals surface area contributed by atoms with E-state index in [9.17, 15) is 9.50 Å². The van der Waals surface area contributed by atoms with Crippen molar-refractivity contribution in [2.45, 2.75) is 18.6 Å². The van der Waals surface area contributed by atoms with Gasteiger partial charge < -0.3 is 10.0 Å². The van der Waals surface area contributed by atoms with E-state index in [0.717, 1.165) is 5.56 Å². The molecule has 21 heavy (non-hydrogen) atoms. The van der Waals surface area contributed by atoms with E-state index in [0.29, 0.717) is 24.3 Å². The zero-order chi connectivity index (χ0) is 14.8. The largest absolute Gasteiger partial charge is 0.391 e. The summed E-state index contributed by atoms with van der Waals surface area (Å²) in [6.07, 6.45) is 1.65. The maximum atomic E-state index is 13.0. The smallest absolute Gasteiger partial charge is 0.129 e. The van der Waals surface area contributed by atoms with E-state index in [1.165, 1.54) is 18.3 Å². The minimum Gasteiger partial charge on any atom is -0.391 e. The lowest BCUT2D eigenvalue weighted by Crippen LogP contribution is -2.25. The van der Waals surface area contributed by atoms with E-state index >= 15 is 0 Å². The second-order valence-electron chi connectivity index (χ2n) is 5.13. The molecule has 0 saturated carbocycles. The van der Waals surface area contributed by atoms with Crippen molar-refractivity contribution < 1.29 is 9.50 Å². The summed E-state index contributed by atoms with van der Waals surface area (Å²) >= 11 is 0. The molecule has 1 aromatic carbocycles. The minimum absolute atomic E-state index is 0.0407. The Kier molecular flexibility index (Phi) is 3.55. The molecule has 2 heterocycles. The Morgan fingerprint density at radius 2 is 2.00 bits per heavy atom. The number of β-amino-alcohol motifs (C(OH)–C–C–N with tert-alkyl or cyclic N) is 1. The van der Waals surface area contributed by atoms with E-state index in [4.69, 9.17) is 5.26 Å². The highest BCUT2D eigenvalue weighted by atomic mass is 19.1. The highest BCUT2D eigenvalue weighted by Gasteiger charge is 2.32. The predicted octanol–water partition coefficient (Wildman–Crippen LogP) is 2.40. The van der Waals surface area contributed by atoms with Crippen molar-refractivity contribution in [1.29, 1.82) is 5.26 Å². The molecular weight excluding hydrogens is 269 g/mol. The average Bonchev–Trinajstić information content (AvgIpc) is 2.90. The van der Waals surface area contributed by atoms with Gasteiger partial charge in [-0.05, 0) is 36.2 Å². The number of anilines is 1. The number of aliphatic hydroxyl groups is 1. The van der Waals surface area contributed by atoms with Gasteiger partial charge in [0.15, 0.2) is 0 Å². The number of hydrogen-bond acceptors (Lipinski definition) is 4. The second kappa shape index (κ2) is 5.51. The Hall–Kier alpha value is -2.45. The van der Waals surface area contributed by atoms with E-state index in [2.05, 4.69) is 4.98 Å². The number of benzene rings is 1. The molecule has 1 fully saturated rings. The Balaban J connectivity index is 1.91.